The zero-order valence-corrected chi connectivity index (χ0v) is 12.4. The first-order chi connectivity index (χ1) is 10.8. The number of aromatic amines is 2. The van der Waals surface area contributed by atoms with E-state index in [1.807, 2.05) is 48.8 Å². The fourth-order valence-corrected chi connectivity index (χ4v) is 2.60. The minimum atomic E-state index is -0.287. The molecule has 1 aromatic carbocycles. The molecule has 112 valence electrons. The van der Waals surface area contributed by atoms with Crippen molar-refractivity contribution in [3.8, 4) is 0 Å². The van der Waals surface area contributed by atoms with Crippen LogP contribution in [0.3, 0.4) is 0 Å². The second-order valence-electron chi connectivity index (χ2n) is 5.03. The van der Waals surface area contributed by atoms with Gasteiger partial charge < -0.3 is 14.7 Å². The number of H-pyrrole nitrogens is 2. The molecular formula is C18H18N2O2. The third-order valence-corrected chi connectivity index (χ3v) is 3.62. The standard InChI is InChI=1S/C18H18N2O2/c1-2-22-18(21)14-9-7-13(8-10-14)17(15-5-3-11-19-15)16-6-4-12-20-16/h3-12,17,19-20H,2H2,1H3. The van der Waals surface area contributed by atoms with Crippen LogP contribution in [0.4, 0.5) is 0 Å². The summed E-state index contributed by atoms with van der Waals surface area (Å²) in [4.78, 5) is 18.3. The van der Waals surface area contributed by atoms with Crippen molar-refractivity contribution in [2.24, 2.45) is 0 Å². The molecule has 0 saturated heterocycles. The van der Waals surface area contributed by atoms with Crippen LogP contribution in [0.1, 0.15) is 40.2 Å². The highest BCUT2D eigenvalue weighted by molar-refractivity contribution is 5.89. The maximum Gasteiger partial charge on any atom is 0.338 e. The molecule has 3 rings (SSSR count). The summed E-state index contributed by atoms with van der Waals surface area (Å²) >= 11 is 0. The molecule has 0 spiro atoms. The van der Waals surface area contributed by atoms with E-state index in [0.29, 0.717) is 12.2 Å². The third-order valence-electron chi connectivity index (χ3n) is 3.62. The van der Waals surface area contributed by atoms with Crippen molar-refractivity contribution < 1.29 is 9.53 Å². The lowest BCUT2D eigenvalue weighted by Gasteiger charge is -2.15. The fraction of sp³-hybridized carbons (Fsp3) is 0.167. The van der Waals surface area contributed by atoms with Crippen molar-refractivity contribution in [1.29, 1.82) is 0 Å². The van der Waals surface area contributed by atoms with Crippen LogP contribution in [0.15, 0.2) is 60.9 Å². The van der Waals surface area contributed by atoms with Crippen LogP contribution in [0, 0.1) is 0 Å². The molecule has 4 heteroatoms. The first-order valence-electron chi connectivity index (χ1n) is 7.33. The molecule has 0 unspecified atom stereocenters. The van der Waals surface area contributed by atoms with Crippen LogP contribution in [0.2, 0.25) is 0 Å². The van der Waals surface area contributed by atoms with E-state index in [4.69, 9.17) is 4.74 Å². The summed E-state index contributed by atoms with van der Waals surface area (Å²) < 4.78 is 5.02. The van der Waals surface area contributed by atoms with Gasteiger partial charge in [-0.05, 0) is 48.9 Å². The molecule has 22 heavy (non-hydrogen) atoms. The number of benzene rings is 1. The highest BCUT2D eigenvalue weighted by atomic mass is 16.5. The molecule has 3 aromatic rings. The fourth-order valence-electron chi connectivity index (χ4n) is 2.60. The van der Waals surface area contributed by atoms with Gasteiger partial charge in [-0.25, -0.2) is 4.79 Å². The molecule has 4 nitrogen and oxygen atoms in total. The lowest BCUT2D eigenvalue weighted by atomic mass is 9.92. The Bertz CT molecular complexity index is 679. The number of aromatic nitrogens is 2. The van der Waals surface area contributed by atoms with Gasteiger partial charge in [0.15, 0.2) is 0 Å². The summed E-state index contributed by atoms with van der Waals surface area (Å²) in [5, 5.41) is 0. The molecule has 0 fully saturated rings. The molecule has 0 saturated carbocycles. The molecule has 0 aliphatic heterocycles. The summed E-state index contributed by atoms with van der Waals surface area (Å²) in [7, 11) is 0. The molecule has 2 N–H and O–H groups in total. The molecule has 0 aliphatic carbocycles. The van der Waals surface area contributed by atoms with E-state index in [9.17, 15) is 4.79 Å². The Morgan fingerprint density at radius 2 is 1.59 bits per heavy atom. The Labute approximate surface area is 129 Å². The van der Waals surface area contributed by atoms with Crippen molar-refractivity contribution >= 4 is 5.97 Å². The zero-order chi connectivity index (χ0) is 15.4. The van der Waals surface area contributed by atoms with Crippen LogP contribution in [0.25, 0.3) is 0 Å². The summed E-state index contributed by atoms with van der Waals surface area (Å²) in [6.45, 7) is 2.19. The van der Waals surface area contributed by atoms with Gasteiger partial charge in [-0.1, -0.05) is 12.1 Å². The van der Waals surface area contributed by atoms with Gasteiger partial charge in [-0.2, -0.15) is 0 Å². The van der Waals surface area contributed by atoms with Gasteiger partial charge in [0, 0.05) is 23.8 Å². The van der Waals surface area contributed by atoms with E-state index in [1.165, 1.54) is 0 Å². The van der Waals surface area contributed by atoms with E-state index in [2.05, 4.69) is 22.1 Å². The summed E-state index contributed by atoms with van der Waals surface area (Å²) in [6.07, 6.45) is 3.83. The van der Waals surface area contributed by atoms with E-state index in [0.717, 1.165) is 17.0 Å². The minimum absolute atomic E-state index is 0.0845. The number of rotatable bonds is 5. The maximum atomic E-state index is 11.7. The summed E-state index contributed by atoms with van der Waals surface area (Å²) in [6, 6.07) is 15.7. The second kappa shape index (κ2) is 6.35. The predicted molar refractivity (Wildman–Crippen MR) is 84.9 cm³/mol. The Balaban J connectivity index is 1.94. The average molecular weight is 294 g/mol. The van der Waals surface area contributed by atoms with Gasteiger partial charge in [0.2, 0.25) is 0 Å². The molecule has 2 heterocycles. The van der Waals surface area contributed by atoms with Gasteiger partial charge >= 0.3 is 5.97 Å². The summed E-state index contributed by atoms with van der Waals surface area (Å²) in [5.74, 6) is -0.202. The smallest absolute Gasteiger partial charge is 0.338 e. The van der Waals surface area contributed by atoms with E-state index in [-0.39, 0.29) is 11.9 Å². The van der Waals surface area contributed by atoms with Crippen LogP contribution >= 0.6 is 0 Å². The van der Waals surface area contributed by atoms with Gasteiger partial charge in [-0.3, -0.25) is 0 Å². The number of carbonyl (C=O) groups is 1. The number of carbonyl (C=O) groups excluding carboxylic acids is 1. The molecular weight excluding hydrogens is 276 g/mol. The Morgan fingerprint density at radius 1 is 1.00 bits per heavy atom. The summed E-state index contributed by atoms with van der Waals surface area (Å²) in [5.41, 5.74) is 3.89. The lowest BCUT2D eigenvalue weighted by molar-refractivity contribution is 0.0526. The molecule has 0 atom stereocenters. The van der Waals surface area contributed by atoms with Crippen LogP contribution < -0.4 is 0 Å². The van der Waals surface area contributed by atoms with Crippen LogP contribution in [-0.4, -0.2) is 22.5 Å². The largest absolute Gasteiger partial charge is 0.462 e. The molecule has 2 aromatic heterocycles. The first-order valence-corrected chi connectivity index (χ1v) is 7.33. The highest BCUT2D eigenvalue weighted by Gasteiger charge is 2.18. The van der Waals surface area contributed by atoms with Crippen LogP contribution in [-0.2, 0) is 4.74 Å². The van der Waals surface area contributed by atoms with Crippen molar-refractivity contribution in [2.45, 2.75) is 12.8 Å². The zero-order valence-electron chi connectivity index (χ0n) is 12.4. The Morgan fingerprint density at radius 3 is 2.05 bits per heavy atom. The van der Waals surface area contributed by atoms with Crippen molar-refractivity contribution in [3.05, 3.63) is 83.4 Å². The average Bonchev–Trinajstić information content (AvgIpc) is 3.22. The third kappa shape index (κ3) is 2.81. The van der Waals surface area contributed by atoms with Crippen LogP contribution in [0.5, 0.6) is 0 Å². The maximum absolute atomic E-state index is 11.7. The number of hydrogen-bond acceptors (Lipinski definition) is 2. The number of esters is 1. The highest BCUT2D eigenvalue weighted by Crippen LogP contribution is 2.30. The normalized spacial score (nSPS) is 10.8. The van der Waals surface area contributed by atoms with E-state index >= 15 is 0 Å². The Hall–Kier alpha value is -2.75. The number of ether oxygens (including phenoxy) is 1. The monoisotopic (exact) mass is 294 g/mol. The lowest BCUT2D eigenvalue weighted by Crippen LogP contribution is -2.07. The molecule has 0 aliphatic rings. The van der Waals surface area contributed by atoms with E-state index in [1.54, 1.807) is 6.92 Å². The second-order valence-corrected chi connectivity index (χ2v) is 5.03. The van der Waals surface area contributed by atoms with Gasteiger partial charge in [0.25, 0.3) is 0 Å². The molecule has 0 bridgehead atoms. The van der Waals surface area contributed by atoms with Gasteiger partial charge in [-0.15, -0.1) is 0 Å². The van der Waals surface area contributed by atoms with Crippen molar-refractivity contribution in [2.75, 3.05) is 6.61 Å². The number of hydrogen-bond donors (Lipinski definition) is 2. The van der Waals surface area contributed by atoms with Crippen molar-refractivity contribution in [3.63, 3.8) is 0 Å². The molecule has 0 radical (unpaired) electrons. The van der Waals surface area contributed by atoms with E-state index < -0.39 is 0 Å². The van der Waals surface area contributed by atoms with Gasteiger partial charge in [0.1, 0.15) is 0 Å². The topological polar surface area (TPSA) is 57.9 Å². The first kappa shape index (κ1) is 14.2. The SMILES string of the molecule is CCOC(=O)c1ccc(C(c2ccc[nH]2)c2ccc[nH]2)cc1. The Kier molecular flexibility index (Phi) is 4.10. The predicted octanol–water partition coefficient (Wildman–Crippen LogP) is 3.70. The minimum Gasteiger partial charge on any atom is -0.462 e. The van der Waals surface area contributed by atoms with Crippen molar-refractivity contribution in [1.82, 2.24) is 9.97 Å². The van der Waals surface area contributed by atoms with Gasteiger partial charge in [0.05, 0.1) is 18.1 Å². The number of nitrogens with one attached hydrogen (secondary N) is 2. The molecule has 0 amide bonds. The quantitative estimate of drug-likeness (QED) is 0.705.